The zero-order valence-corrected chi connectivity index (χ0v) is 12.4. The van der Waals surface area contributed by atoms with Crippen molar-refractivity contribution in [1.82, 2.24) is 9.88 Å². The highest BCUT2D eigenvalue weighted by Crippen LogP contribution is 2.24. The fraction of sp³-hybridized carbons (Fsp3) is 0.267. The molecule has 0 saturated carbocycles. The minimum Gasteiger partial charge on any atom is -0.308 e. The number of benzene rings is 1. The molecule has 0 spiro atoms. The Hall–Kier alpha value is -1.62. The summed E-state index contributed by atoms with van der Waals surface area (Å²) in [7, 11) is 2.07. The van der Waals surface area contributed by atoms with Crippen LogP contribution in [-0.2, 0) is 6.54 Å². The number of rotatable bonds is 5. The number of hydrogen-bond acceptors (Lipinski definition) is 4. The summed E-state index contributed by atoms with van der Waals surface area (Å²) in [5.41, 5.74) is 4.88. The summed E-state index contributed by atoms with van der Waals surface area (Å²) in [6.45, 7) is 2.90. The number of nitrogen functional groups attached to an aromatic ring is 1. The van der Waals surface area contributed by atoms with E-state index in [4.69, 9.17) is 17.4 Å². The van der Waals surface area contributed by atoms with Crippen molar-refractivity contribution >= 4 is 17.4 Å². The number of hydrogen-bond donors (Lipinski definition) is 2. The van der Waals surface area contributed by atoms with Gasteiger partial charge in [-0.15, -0.1) is 0 Å². The highest BCUT2D eigenvalue weighted by atomic mass is 35.5. The van der Waals surface area contributed by atoms with Crippen LogP contribution in [0.5, 0.6) is 0 Å². The lowest BCUT2D eigenvalue weighted by Crippen LogP contribution is -2.23. The van der Waals surface area contributed by atoms with E-state index in [1.165, 1.54) is 5.56 Å². The van der Waals surface area contributed by atoms with E-state index in [0.717, 1.165) is 17.1 Å². The van der Waals surface area contributed by atoms with Crippen molar-refractivity contribution in [2.45, 2.75) is 19.5 Å². The Bertz CT molecular complexity index is 573. The van der Waals surface area contributed by atoms with Gasteiger partial charge in [-0.2, -0.15) is 0 Å². The number of pyridine rings is 1. The van der Waals surface area contributed by atoms with Gasteiger partial charge in [0.25, 0.3) is 0 Å². The number of nitrogens with two attached hydrogens (primary N) is 1. The van der Waals surface area contributed by atoms with Crippen molar-refractivity contribution in [3.05, 3.63) is 58.7 Å². The van der Waals surface area contributed by atoms with E-state index in [2.05, 4.69) is 35.3 Å². The number of aromatic nitrogens is 1. The van der Waals surface area contributed by atoms with Crippen LogP contribution in [-0.4, -0.2) is 16.9 Å². The maximum absolute atomic E-state index is 6.05. The standard InChI is InChI=1S/C15H19ClN4/c1-11(12-5-3-7-14(16)9-12)20(2)10-13-6-4-8-18-15(13)19-17/h3-9,11H,10,17H2,1-2H3,(H,18,19). The largest absolute Gasteiger partial charge is 0.308 e. The zero-order valence-electron chi connectivity index (χ0n) is 11.7. The summed E-state index contributed by atoms with van der Waals surface area (Å²) >= 11 is 6.05. The molecule has 20 heavy (non-hydrogen) atoms. The van der Waals surface area contributed by atoms with Crippen LogP contribution in [0.4, 0.5) is 5.82 Å². The van der Waals surface area contributed by atoms with Crippen molar-refractivity contribution in [2.24, 2.45) is 5.84 Å². The second-order valence-electron chi connectivity index (χ2n) is 4.80. The first-order valence-electron chi connectivity index (χ1n) is 6.48. The summed E-state index contributed by atoms with van der Waals surface area (Å²) < 4.78 is 0. The van der Waals surface area contributed by atoms with Crippen molar-refractivity contribution in [3.8, 4) is 0 Å². The lowest BCUT2D eigenvalue weighted by Gasteiger charge is -2.25. The first-order chi connectivity index (χ1) is 9.61. The van der Waals surface area contributed by atoms with E-state index in [0.29, 0.717) is 5.82 Å². The Labute approximate surface area is 124 Å². The molecule has 0 amide bonds. The van der Waals surface area contributed by atoms with Gasteiger partial charge in [-0.05, 0) is 37.7 Å². The van der Waals surface area contributed by atoms with E-state index < -0.39 is 0 Å². The minimum atomic E-state index is 0.250. The maximum Gasteiger partial charge on any atom is 0.144 e. The number of hydrazine groups is 1. The second-order valence-corrected chi connectivity index (χ2v) is 5.24. The zero-order chi connectivity index (χ0) is 14.5. The van der Waals surface area contributed by atoms with Gasteiger partial charge in [0, 0.05) is 29.4 Å². The van der Waals surface area contributed by atoms with Gasteiger partial charge in [-0.1, -0.05) is 29.8 Å². The summed E-state index contributed by atoms with van der Waals surface area (Å²) in [4.78, 5) is 6.44. The van der Waals surface area contributed by atoms with Gasteiger partial charge in [0.05, 0.1) is 0 Å². The molecular weight excluding hydrogens is 272 g/mol. The lowest BCUT2D eigenvalue weighted by molar-refractivity contribution is 0.253. The Morgan fingerprint density at radius 2 is 2.15 bits per heavy atom. The van der Waals surface area contributed by atoms with Gasteiger partial charge in [0.2, 0.25) is 0 Å². The summed E-state index contributed by atoms with van der Waals surface area (Å²) in [5.74, 6) is 6.19. The van der Waals surface area contributed by atoms with E-state index in [9.17, 15) is 0 Å². The molecule has 1 aromatic heterocycles. The fourth-order valence-electron chi connectivity index (χ4n) is 2.12. The molecule has 0 fully saturated rings. The third kappa shape index (κ3) is 3.48. The molecule has 2 aromatic rings. The molecule has 1 unspecified atom stereocenters. The van der Waals surface area contributed by atoms with Crippen molar-refractivity contribution < 1.29 is 0 Å². The smallest absolute Gasteiger partial charge is 0.144 e. The minimum absolute atomic E-state index is 0.250. The van der Waals surface area contributed by atoms with Crippen molar-refractivity contribution in [2.75, 3.05) is 12.5 Å². The highest BCUT2D eigenvalue weighted by molar-refractivity contribution is 6.30. The van der Waals surface area contributed by atoms with Crippen LogP contribution in [0.1, 0.15) is 24.1 Å². The van der Waals surface area contributed by atoms with Gasteiger partial charge in [0.15, 0.2) is 0 Å². The molecule has 0 aliphatic rings. The van der Waals surface area contributed by atoms with Crippen LogP contribution in [0.25, 0.3) is 0 Å². The van der Waals surface area contributed by atoms with E-state index >= 15 is 0 Å². The van der Waals surface area contributed by atoms with Gasteiger partial charge >= 0.3 is 0 Å². The van der Waals surface area contributed by atoms with Crippen LogP contribution in [0, 0.1) is 0 Å². The van der Waals surface area contributed by atoms with E-state index in [1.54, 1.807) is 6.20 Å². The van der Waals surface area contributed by atoms with Gasteiger partial charge in [-0.25, -0.2) is 10.8 Å². The highest BCUT2D eigenvalue weighted by Gasteiger charge is 2.14. The molecule has 106 valence electrons. The molecule has 0 radical (unpaired) electrons. The van der Waals surface area contributed by atoms with Crippen molar-refractivity contribution in [1.29, 1.82) is 0 Å². The third-order valence-corrected chi connectivity index (χ3v) is 3.68. The first-order valence-corrected chi connectivity index (χ1v) is 6.86. The Balaban J connectivity index is 2.13. The molecule has 5 heteroatoms. The average Bonchev–Trinajstić information content (AvgIpc) is 2.47. The second kappa shape index (κ2) is 6.70. The van der Waals surface area contributed by atoms with Crippen LogP contribution < -0.4 is 11.3 Å². The van der Waals surface area contributed by atoms with Gasteiger partial charge < -0.3 is 5.43 Å². The lowest BCUT2D eigenvalue weighted by atomic mass is 10.1. The van der Waals surface area contributed by atoms with Crippen LogP contribution in [0.2, 0.25) is 5.02 Å². The molecule has 1 atom stereocenters. The van der Waals surface area contributed by atoms with Crippen LogP contribution in [0.3, 0.4) is 0 Å². The maximum atomic E-state index is 6.05. The van der Waals surface area contributed by atoms with E-state index in [1.807, 2.05) is 30.3 Å². The van der Waals surface area contributed by atoms with Crippen molar-refractivity contribution in [3.63, 3.8) is 0 Å². The monoisotopic (exact) mass is 290 g/mol. The number of nitrogens with one attached hydrogen (secondary N) is 1. The third-order valence-electron chi connectivity index (χ3n) is 3.44. The average molecular weight is 291 g/mol. The Morgan fingerprint density at radius 1 is 1.35 bits per heavy atom. The van der Waals surface area contributed by atoms with Crippen LogP contribution >= 0.6 is 11.6 Å². The van der Waals surface area contributed by atoms with E-state index in [-0.39, 0.29) is 6.04 Å². The number of nitrogens with zero attached hydrogens (tertiary/aromatic N) is 2. The Kier molecular flexibility index (Phi) is 4.95. The topological polar surface area (TPSA) is 54.2 Å². The molecule has 0 bridgehead atoms. The molecule has 2 rings (SSSR count). The Morgan fingerprint density at radius 3 is 2.85 bits per heavy atom. The normalized spacial score (nSPS) is 12.4. The van der Waals surface area contributed by atoms with Gasteiger partial charge in [-0.3, -0.25) is 4.90 Å². The molecule has 0 aliphatic heterocycles. The number of halogens is 1. The summed E-state index contributed by atoms with van der Waals surface area (Å²) in [5, 5.41) is 0.758. The predicted molar refractivity (Wildman–Crippen MR) is 83.4 cm³/mol. The molecule has 0 saturated heterocycles. The summed E-state index contributed by atoms with van der Waals surface area (Å²) in [6.07, 6.45) is 1.72. The van der Waals surface area contributed by atoms with Gasteiger partial charge in [0.1, 0.15) is 5.82 Å². The molecule has 1 aromatic carbocycles. The molecular formula is C15H19ClN4. The molecule has 0 aliphatic carbocycles. The predicted octanol–water partition coefficient (Wildman–Crippen LogP) is 3.21. The SMILES string of the molecule is CC(c1cccc(Cl)c1)N(C)Cc1cccnc1NN. The summed E-state index contributed by atoms with van der Waals surface area (Å²) in [6, 6.07) is 12.1. The molecule has 4 nitrogen and oxygen atoms in total. The molecule has 1 heterocycles. The quantitative estimate of drug-likeness (QED) is 0.656. The first kappa shape index (κ1) is 14.8. The molecule has 3 N–H and O–H groups in total. The van der Waals surface area contributed by atoms with Crippen LogP contribution in [0.15, 0.2) is 42.6 Å². The number of anilines is 1. The fourth-order valence-corrected chi connectivity index (χ4v) is 2.32.